The molecule has 2 aromatic rings. The van der Waals surface area contributed by atoms with Crippen LogP contribution in [0.4, 0.5) is 0 Å². The first-order chi connectivity index (χ1) is 9.06. The van der Waals surface area contributed by atoms with Crippen LogP contribution in [0.25, 0.3) is 0 Å². The molecule has 4 N–H and O–H groups in total. The minimum atomic E-state index is 0.0966. The molecule has 0 saturated carbocycles. The van der Waals surface area contributed by atoms with Gasteiger partial charge in [-0.3, -0.25) is 0 Å². The fourth-order valence-electron chi connectivity index (χ4n) is 2.11. The van der Waals surface area contributed by atoms with E-state index in [1.54, 1.807) is 0 Å². The Morgan fingerprint density at radius 2 is 1.00 bits per heavy atom. The molecule has 0 bridgehead atoms. The number of benzene rings is 2. The highest BCUT2D eigenvalue weighted by Crippen LogP contribution is 2.16. The van der Waals surface area contributed by atoms with Crippen molar-refractivity contribution in [3.8, 4) is 0 Å². The van der Waals surface area contributed by atoms with Crippen molar-refractivity contribution in [3.05, 3.63) is 70.8 Å². The van der Waals surface area contributed by atoms with Crippen LogP contribution in [0.15, 0.2) is 48.5 Å². The molecule has 0 aromatic heterocycles. The first-order valence-corrected chi connectivity index (χ1v) is 6.75. The Morgan fingerprint density at radius 3 is 1.26 bits per heavy atom. The molecule has 0 amide bonds. The third-order valence-corrected chi connectivity index (χ3v) is 3.42. The van der Waals surface area contributed by atoms with Gasteiger partial charge in [-0.15, -0.1) is 0 Å². The zero-order chi connectivity index (χ0) is 13.8. The maximum atomic E-state index is 5.85. The van der Waals surface area contributed by atoms with Crippen molar-refractivity contribution in [1.82, 2.24) is 0 Å². The molecule has 0 saturated heterocycles. The van der Waals surface area contributed by atoms with E-state index in [9.17, 15) is 0 Å². The average molecular weight is 254 g/mol. The highest BCUT2D eigenvalue weighted by molar-refractivity contribution is 5.31. The van der Waals surface area contributed by atoms with Gasteiger partial charge in [-0.05, 0) is 42.5 Å². The summed E-state index contributed by atoms with van der Waals surface area (Å²) in [6.45, 7) is 4.00. The van der Waals surface area contributed by atoms with E-state index in [1.807, 2.05) is 13.8 Å². The van der Waals surface area contributed by atoms with Crippen LogP contribution in [0, 0.1) is 0 Å². The number of rotatable bonds is 4. The summed E-state index contributed by atoms with van der Waals surface area (Å²) >= 11 is 0. The Morgan fingerprint density at radius 1 is 0.684 bits per heavy atom. The zero-order valence-corrected chi connectivity index (χ0v) is 11.6. The summed E-state index contributed by atoms with van der Waals surface area (Å²) in [5.41, 5.74) is 16.7. The van der Waals surface area contributed by atoms with Crippen molar-refractivity contribution in [2.45, 2.75) is 32.4 Å². The Balaban J connectivity index is 2.08. The monoisotopic (exact) mass is 254 g/mol. The van der Waals surface area contributed by atoms with Gasteiger partial charge in [-0.2, -0.15) is 0 Å². The topological polar surface area (TPSA) is 52.0 Å². The normalized spacial score (nSPS) is 14.1. The van der Waals surface area contributed by atoms with Crippen LogP contribution in [0.1, 0.15) is 48.2 Å². The Hall–Kier alpha value is -1.64. The highest BCUT2D eigenvalue weighted by atomic mass is 14.6. The lowest BCUT2D eigenvalue weighted by atomic mass is 10.00. The van der Waals surface area contributed by atoms with Crippen LogP contribution in [0.3, 0.4) is 0 Å². The molecule has 2 atom stereocenters. The van der Waals surface area contributed by atoms with Gasteiger partial charge in [0.2, 0.25) is 0 Å². The summed E-state index contributed by atoms with van der Waals surface area (Å²) in [6, 6.07) is 17.2. The van der Waals surface area contributed by atoms with Gasteiger partial charge >= 0.3 is 0 Å². The third kappa shape index (κ3) is 3.66. The van der Waals surface area contributed by atoms with E-state index >= 15 is 0 Å². The van der Waals surface area contributed by atoms with Gasteiger partial charge in [0.1, 0.15) is 0 Å². The molecule has 0 spiro atoms. The first-order valence-electron chi connectivity index (χ1n) is 6.75. The molecule has 100 valence electrons. The highest BCUT2D eigenvalue weighted by Gasteiger charge is 2.02. The second kappa shape index (κ2) is 6.00. The van der Waals surface area contributed by atoms with E-state index in [-0.39, 0.29) is 12.1 Å². The molecule has 0 aliphatic rings. The number of hydrogen-bond donors (Lipinski definition) is 2. The summed E-state index contributed by atoms with van der Waals surface area (Å²) in [5, 5.41) is 0. The maximum Gasteiger partial charge on any atom is 0.0266 e. The van der Waals surface area contributed by atoms with Crippen molar-refractivity contribution in [2.75, 3.05) is 0 Å². The molecule has 2 aromatic carbocycles. The molecule has 0 radical (unpaired) electrons. The number of hydrogen-bond acceptors (Lipinski definition) is 2. The van der Waals surface area contributed by atoms with Crippen molar-refractivity contribution in [1.29, 1.82) is 0 Å². The largest absolute Gasteiger partial charge is 0.324 e. The molecule has 0 unspecified atom stereocenters. The first kappa shape index (κ1) is 13.8. The van der Waals surface area contributed by atoms with Crippen molar-refractivity contribution >= 4 is 0 Å². The van der Waals surface area contributed by atoms with Crippen LogP contribution in [-0.2, 0) is 6.42 Å². The maximum absolute atomic E-state index is 5.85. The quantitative estimate of drug-likeness (QED) is 0.879. The van der Waals surface area contributed by atoms with Gasteiger partial charge in [0.15, 0.2) is 0 Å². The Labute approximate surface area is 115 Å². The van der Waals surface area contributed by atoms with Gasteiger partial charge < -0.3 is 11.5 Å². The van der Waals surface area contributed by atoms with Gasteiger partial charge in [-0.25, -0.2) is 0 Å². The minimum absolute atomic E-state index is 0.0966. The molecule has 0 fully saturated rings. The average Bonchev–Trinajstić information content (AvgIpc) is 2.40. The predicted octanol–water partition coefficient (Wildman–Crippen LogP) is 3.32. The van der Waals surface area contributed by atoms with Crippen LogP contribution >= 0.6 is 0 Å². The van der Waals surface area contributed by atoms with E-state index in [0.29, 0.717) is 0 Å². The molecular formula is C17H22N2. The lowest BCUT2D eigenvalue weighted by molar-refractivity contribution is 0.816. The lowest BCUT2D eigenvalue weighted by Gasteiger charge is -2.09. The Kier molecular flexibility index (Phi) is 4.35. The lowest BCUT2D eigenvalue weighted by Crippen LogP contribution is -2.05. The summed E-state index contributed by atoms with van der Waals surface area (Å²) in [5.74, 6) is 0. The van der Waals surface area contributed by atoms with E-state index in [1.165, 1.54) is 22.3 Å². The van der Waals surface area contributed by atoms with Crippen molar-refractivity contribution in [2.24, 2.45) is 11.5 Å². The van der Waals surface area contributed by atoms with Crippen LogP contribution < -0.4 is 11.5 Å². The Bertz CT molecular complexity index is 460. The molecule has 2 nitrogen and oxygen atoms in total. The molecule has 2 rings (SSSR count). The van der Waals surface area contributed by atoms with Gasteiger partial charge in [0.05, 0.1) is 0 Å². The summed E-state index contributed by atoms with van der Waals surface area (Å²) in [4.78, 5) is 0. The van der Waals surface area contributed by atoms with E-state index in [2.05, 4.69) is 48.5 Å². The van der Waals surface area contributed by atoms with E-state index in [0.717, 1.165) is 6.42 Å². The molecule has 19 heavy (non-hydrogen) atoms. The second-order valence-electron chi connectivity index (χ2n) is 5.24. The van der Waals surface area contributed by atoms with Crippen molar-refractivity contribution in [3.63, 3.8) is 0 Å². The fraction of sp³-hybridized carbons (Fsp3) is 0.294. The zero-order valence-electron chi connectivity index (χ0n) is 11.6. The van der Waals surface area contributed by atoms with Crippen molar-refractivity contribution < 1.29 is 0 Å². The van der Waals surface area contributed by atoms with E-state index in [4.69, 9.17) is 11.5 Å². The SMILES string of the molecule is C[C@H](N)c1ccc(Cc2ccc([C@@H](C)N)cc2)cc1. The van der Waals surface area contributed by atoms with Crippen LogP contribution in [-0.4, -0.2) is 0 Å². The van der Waals surface area contributed by atoms with E-state index < -0.39 is 0 Å². The molecule has 0 aliphatic heterocycles. The molecule has 2 heteroatoms. The summed E-state index contributed by atoms with van der Waals surface area (Å²) in [6.07, 6.45) is 0.943. The fourth-order valence-corrected chi connectivity index (χ4v) is 2.11. The smallest absolute Gasteiger partial charge is 0.0266 e. The van der Waals surface area contributed by atoms with Crippen LogP contribution in [0.5, 0.6) is 0 Å². The summed E-state index contributed by atoms with van der Waals surface area (Å²) in [7, 11) is 0. The van der Waals surface area contributed by atoms with Gasteiger partial charge in [-0.1, -0.05) is 48.5 Å². The molecule has 0 heterocycles. The van der Waals surface area contributed by atoms with Gasteiger partial charge in [0.25, 0.3) is 0 Å². The standard InChI is InChI=1S/C17H22N2/c1-12(18)16-7-3-14(4-8-16)11-15-5-9-17(10-6-15)13(2)19/h3-10,12-13H,11,18-19H2,1-2H3/t12-,13+. The summed E-state index contributed by atoms with van der Waals surface area (Å²) < 4.78 is 0. The second-order valence-corrected chi connectivity index (χ2v) is 5.24. The van der Waals surface area contributed by atoms with Gasteiger partial charge in [0, 0.05) is 12.1 Å². The number of nitrogens with two attached hydrogens (primary N) is 2. The third-order valence-electron chi connectivity index (χ3n) is 3.42. The predicted molar refractivity (Wildman–Crippen MR) is 80.9 cm³/mol. The van der Waals surface area contributed by atoms with Crippen LogP contribution in [0.2, 0.25) is 0 Å². The molecular weight excluding hydrogens is 232 g/mol. The molecule has 0 aliphatic carbocycles. The minimum Gasteiger partial charge on any atom is -0.324 e.